The molecule has 4 nitrogen and oxygen atoms in total. The molecule has 4 heteroatoms. The number of allylic oxidation sites excluding steroid dienone is 1. The Morgan fingerprint density at radius 3 is 2.42 bits per heavy atom. The maximum absolute atomic E-state index is 8.75. The van der Waals surface area contributed by atoms with Crippen molar-refractivity contribution in [1.29, 1.82) is 15.8 Å². The van der Waals surface area contributed by atoms with Crippen LogP contribution in [0.15, 0.2) is 11.8 Å². The number of hydrogen-bond donors (Lipinski definition) is 1. The summed E-state index contributed by atoms with van der Waals surface area (Å²) in [5.74, 6) is 0. The average molecular weight is 158 g/mol. The predicted octanol–water partition coefficient (Wildman–Crippen LogP) is 0.421. The van der Waals surface area contributed by atoms with Gasteiger partial charge in [-0.2, -0.15) is 15.8 Å². The summed E-state index contributed by atoms with van der Waals surface area (Å²) in [4.78, 5) is 0. The molecular weight excluding hydrogens is 152 g/mol. The number of nitrogens with zero attached hydrogens (tertiary/aromatic N) is 3. The van der Waals surface area contributed by atoms with Gasteiger partial charge in [0.05, 0.1) is 23.8 Å². The van der Waals surface area contributed by atoms with Gasteiger partial charge < -0.3 is 5.32 Å². The quantitative estimate of drug-likeness (QED) is 0.553. The van der Waals surface area contributed by atoms with E-state index in [0.29, 0.717) is 13.0 Å². The number of nitrogens with one attached hydrogen (secondary N) is 1. The summed E-state index contributed by atoms with van der Waals surface area (Å²) >= 11 is 0. The van der Waals surface area contributed by atoms with Crippen LogP contribution in [0.5, 0.6) is 0 Å². The van der Waals surface area contributed by atoms with E-state index in [1.165, 1.54) is 6.20 Å². The molecule has 0 atom stereocenters. The zero-order valence-corrected chi connectivity index (χ0v) is 6.33. The van der Waals surface area contributed by atoms with Gasteiger partial charge in [-0.25, -0.2) is 0 Å². The van der Waals surface area contributed by atoms with Crippen LogP contribution in [0.3, 0.4) is 0 Å². The lowest BCUT2D eigenvalue weighted by Crippen LogP contribution is -2.30. The first-order valence-corrected chi connectivity index (χ1v) is 3.46. The highest BCUT2D eigenvalue weighted by atomic mass is 14.8. The third-order valence-electron chi connectivity index (χ3n) is 1.85. The van der Waals surface area contributed by atoms with Gasteiger partial charge in [-0.3, -0.25) is 0 Å². The van der Waals surface area contributed by atoms with Crippen molar-refractivity contribution in [2.45, 2.75) is 6.42 Å². The van der Waals surface area contributed by atoms with Crippen molar-refractivity contribution in [3.8, 4) is 18.2 Å². The van der Waals surface area contributed by atoms with Crippen molar-refractivity contribution < 1.29 is 0 Å². The summed E-state index contributed by atoms with van der Waals surface area (Å²) in [6.45, 7) is 0.562. The SMILES string of the molecule is N#CC1=CNCCC1(C#N)C#N. The minimum Gasteiger partial charge on any atom is -0.390 e. The van der Waals surface area contributed by atoms with E-state index in [1.54, 1.807) is 0 Å². The lowest BCUT2D eigenvalue weighted by Gasteiger charge is -2.21. The number of hydrogen-bond acceptors (Lipinski definition) is 4. The van der Waals surface area contributed by atoms with Crippen molar-refractivity contribution in [3.05, 3.63) is 11.8 Å². The van der Waals surface area contributed by atoms with Gasteiger partial charge in [-0.15, -0.1) is 0 Å². The Labute approximate surface area is 70.3 Å². The second kappa shape index (κ2) is 2.95. The fourth-order valence-electron chi connectivity index (χ4n) is 1.08. The van der Waals surface area contributed by atoms with Crippen LogP contribution in [0.4, 0.5) is 0 Å². The smallest absolute Gasteiger partial charge is 0.181 e. The molecule has 0 aromatic heterocycles. The van der Waals surface area contributed by atoms with E-state index in [1.807, 2.05) is 18.2 Å². The van der Waals surface area contributed by atoms with Crippen molar-refractivity contribution >= 4 is 0 Å². The first-order valence-electron chi connectivity index (χ1n) is 3.46. The maximum atomic E-state index is 8.75. The normalized spacial score (nSPS) is 18.9. The molecule has 12 heavy (non-hydrogen) atoms. The Kier molecular flexibility index (Phi) is 1.99. The predicted molar refractivity (Wildman–Crippen MR) is 40.0 cm³/mol. The summed E-state index contributed by atoms with van der Waals surface area (Å²) in [5, 5.41) is 29.0. The Bertz CT molecular complexity index is 320. The van der Waals surface area contributed by atoms with Gasteiger partial charge in [0, 0.05) is 19.2 Å². The van der Waals surface area contributed by atoms with Gasteiger partial charge in [0.2, 0.25) is 0 Å². The molecule has 0 fully saturated rings. The highest BCUT2D eigenvalue weighted by Crippen LogP contribution is 2.30. The first kappa shape index (κ1) is 8.11. The summed E-state index contributed by atoms with van der Waals surface area (Å²) < 4.78 is 0. The zero-order chi connectivity index (χ0) is 9.03. The Balaban J connectivity index is 3.15. The highest BCUT2D eigenvalue weighted by Gasteiger charge is 2.36. The van der Waals surface area contributed by atoms with Gasteiger partial charge in [0.1, 0.15) is 0 Å². The lowest BCUT2D eigenvalue weighted by molar-refractivity contribution is 0.524. The summed E-state index contributed by atoms with van der Waals surface area (Å²) in [6.07, 6.45) is 1.81. The van der Waals surface area contributed by atoms with Crippen LogP contribution in [0.1, 0.15) is 6.42 Å². The molecule has 1 aliphatic heterocycles. The molecule has 1 N–H and O–H groups in total. The lowest BCUT2D eigenvalue weighted by atomic mass is 9.79. The second-order valence-electron chi connectivity index (χ2n) is 2.50. The average Bonchev–Trinajstić information content (AvgIpc) is 2.17. The highest BCUT2D eigenvalue weighted by molar-refractivity contribution is 5.42. The molecule has 0 aliphatic carbocycles. The fraction of sp³-hybridized carbons (Fsp3) is 0.375. The Morgan fingerprint density at radius 1 is 1.33 bits per heavy atom. The third-order valence-corrected chi connectivity index (χ3v) is 1.85. The van der Waals surface area contributed by atoms with E-state index < -0.39 is 5.41 Å². The van der Waals surface area contributed by atoms with Crippen LogP contribution in [-0.4, -0.2) is 6.54 Å². The molecule has 0 bridgehead atoms. The minimum atomic E-state index is -1.22. The molecule has 1 rings (SSSR count). The van der Waals surface area contributed by atoms with E-state index in [4.69, 9.17) is 15.8 Å². The molecule has 58 valence electrons. The van der Waals surface area contributed by atoms with Crippen LogP contribution in [-0.2, 0) is 0 Å². The molecule has 0 amide bonds. The van der Waals surface area contributed by atoms with Crippen LogP contribution >= 0.6 is 0 Å². The Morgan fingerprint density at radius 2 is 2.00 bits per heavy atom. The molecule has 0 aromatic rings. The monoisotopic (exact) mass is 158 g/mol. The number of rotatable bonds is 0. The maximum Gasteiger partial charge on any atom is 0.181 e. The molecule has 0 aromatic carbocycles. The van der Waals surface area contributed by atoms with Gasteiger partial charge >= 0.3 is 0 Å². The first-order chi connectivity index (χ1) is 5.79. The van der Waals surface area contributed by atoms with Gasteiger partial charge in [-0.05, 0) is 0 Å². The summed E-state index contributed by atoms with van der Waals surface area (Å²) in [6, 6.07) is 5.60. The second-order valence-corrected chi connectivity index (χ2v) is 2.50. The topological polar surface area (TPSA) is 83.4 Å². The van der Waals surface area contributed by atoms with E-state index in [2.05, 4.69) is 5.32 Å². The van der Waals surface area contributed by atoms with E-state index in [9.17, 15) is 0 Å². The molecule has 1 heterocycles. The molecule has 0 unspecified atom stereocenters. The van der Waals surface area contributed by atoms with E-state index in [-0.39, 0.29) is 5.57 Å². The third kappa shape index (κ3) is 0.983. The molecule has 0 saturated heterocycles. The van der Waals surface area contributed by atoms with Gasteiger partial charge in [0.25, 0.3) is 0 Å². The molecule has 0 radical (unpaired) electrons. The van der Waals surface area contributed by atoms with Crippen molar-refractivity contribution in [3.63, 3.8) is 0 Å². The van der Waals surface area contributed by atoms with Crippen molar-refractivity contribution in [2.75, 3.05) is 6.54 Å². The number of nitriles is 3. The summed E-state index contributed by atoms with van der Waals surface area (Å²) in [5.41, 5.74) is -1.02. The zero-order valence-electron chi connectivity index (χ0n) is 6.33. The Hall–Kier alpha value is -1.99. The summed E-state index contributed by atoms with van der Waals surface area (Å²) in [7, 11) is 0. The van der Waals surface area contributed by atoms with E-state index in [0.717, 1.165) is 0 Å². The van der Waals surface area contributed by atoms with Crippen LogP contribution in [0.2, 0.25) is 0 Å². The molecular formula is C8H6N4. The molecule has 0 saturated carbocycles. The minimum absolute atomic E-state index is 0.207. The standard InChI is InChI=1S/C8H6N4/c9-3-7-4-12-2-1-8(7,5-10)6-11/h4,12H,1-2H2. The van der Waals surface area contributed by atoms with Crippen LogP contribution in [0, 0.1) is 39.4 Å². The molecule has 0 spiro atoms. The molecule has 1 aliphatic rings. The largest absolute Gasteiger partial charge is 0.390 e. The van der Waals surface area contributed by atoms with Gasteiger partial charge in [-0.1, -0.05) is 0 Å². The van der Waals surface area contributed by atoms with E-state index >= 15 is 0 Å². The van der Waals surface area contributed by atoms with Gasteiger partial charge in [0.15, 0.2) is 5.41 Å². The van der Waals surface area contributed by atoms with Crippen LogP contribution in [0.25, 0.3) is 0 Å². The van der Waals surface area contributed by atoms with Crippen molar-refractivity contribution in [2.24, 2.45) is 5.41 Å². The van der Waals surface area contributed by atoms with Crippen molar-refractivity contribution in [1.82, 2.24) is 5.32 Å². The van der Waals surface area contributed by atoms with Crippen LogP contribution < -0.4 is 5.32 Å². The fourth-order valence-corrected chi connectivity index (χ4v) is 1.08.